The van der Waals surface area contributed by atoms with Gasteiger partial charge < -0.3 is 20.6 Å². The summed E-state index contributed by atoms with van der Waals surface area (Å²) in [6.45, 7) is -0.00421. The Hall–Kier alpha value is -2.53. The predicted molar refractivity (Wildman–Crippen MR) is 83.1 cm³/mol. The normalized spacial score (nSPS) is 12.4. The summed E-state index contributed by atoms with van der Waals surface area (Å²) in [5, 5.41) is 12.6. The maximum absolute atomic E-state index is 9.52. The fraction of sp³-hybridized carbons (Fsp3) is 0.188. The SMILES string of the molecule is Nc1ccc2nc(NC(CO)Cc3ccccc3)oc2c1. The average Bonchev–Trinajstić information content (AvgIpc) is 2.89. The van der Waals surface area contributed by atoms with Crippen LogP contribution in [0.4, 0.5) is 11.7 Å². The Morgan fingerprint density at radius 1 is 1.19 bits per heavy atom. The molecule has 0 spiro atoms. The van der Waals surface area contributed by atoms with Gasteiger partial charge in [-0.1, -0.05) is 30.3 Å². The van der Waals surface area contributed by atoms with Gasteiger partial charge in [-0.3, -0.25) is 0 Å². The van der Waals surface area contributed by atoms with Crippen LogP contribution in [0.1, 0.15) is 5.56 Å². The van der Waals surface area contributed by atoms with Crippen molar-refractivity contribution in [2.24, 2.45) is 0 Å². The highest BCUT2D eigenvalue weighted by atomic mass is 16.4. The fourth-order valence-electron chi connectivity index (χ4n) is 2.24. The molecule has 0 radical (unpaired) electrons. The smallest absolute Gasteiger partial charge is 0.295 e. The highest BCUT2D eigenvalue weighted by molar-refractivity contribution is 5.78. The Balaban J connectivity index is 1.76. The number of anilines is 2. The van der Waals surface area contributed by atoms with Crippen molar-refractivity contribution in [3.05, 3.63) is 54.1 Å². The molecule has 3 aromatic rings. The summed E-state index contributed by atoms with van der Waals surface area (Å²) in [5.74, 6) is 0. The number of oxazole rings is 1. The van der Waals surface area contributed by atoms with E-state index in [1.165, 1.54) is 0 Å². The van der Waals surface area contributed by atoms with Crippen molar-refractivity contribution in [3.63, 3.8) is 0 Å². The molecule has 1 aromatic heterocycles. The lowest BCUT2D eigenvalue weighted by Crippen LogP contribution is -2.26. The summed E-state index contributed by atoms with van der Waals surface area (Å²) < 4.78 is 5.61. The highest BCUT2D eigenvalue weighted by Gasteiger charge is 2.12. The van der Waals surface area contributed by atoms with Gasteiger partial charge in [0, 0.05) is 11.8 Å². The largest absolute Gasteiger partial charge is 0.423 e. The van der Waals surface area contributed by atoms with Crippen molar-refractivity contribution in [2.75, 3.05) is 17.7 Å². The Kier molecular flexibility index (Phi) is 3.75. The van der Waals surface area contributed by atoms with Gasteiger partial charge in [0.15, 0.2) is 5.58 Å². The van der Waals surface area contributed by atoms with E-state index in [0.29, 0.717) is 23.7 Å². The van der Waals surface area contributed by atoms with Crippen LogP contribution < -0.4 is 11.1 Å². The number of nitrogens with one attached hydrogen (secondary N) is 1. The summed E-state index contributed by atoms with van der Waals surface area (Å²) in [4.78, 5) is 4.34. The number of rotatable bonds is 5. The van der Waals surface area contributed by atoms with Gasteiger partial charge in [-0.25, -0.2) is 0 Å². The minimum absolute atomic E-state index is 0.00421. The van der Waals surface area contributed by atoms with Crippen molar-refractivity contribution in [1.82, 2.24) is 4.98 Å². The third-order valence-corrected chi connectivity index (χ3v) is 3.29. The lowest BCUT2D eigenvalue weighted by molar-refractivity contribution is 0.272. The number of benzene rings is 2. The van der Waals surface area contributed by atoms with E-state index in [0.717, 1.165) is 11.1 Å². The van der Waals surface area contributed by atoms with Gasteiger partial charge in [0.2, 0.25) is 0 Å². The van der Waals surface area contributed by atoms with Crippen LogP contribution in [-0.2, 0) is 6.42 Å². The molecule has 1 heterocycles. The molecule has 5 heteroatoms. The molecule has 3 rings (SSSR count). The number of nitrogens with zero attached hydrogens (tertiary/aromatic N) is 1. The molecule has 1 atom stereocenters. The van der Waals surface area contributed by atoms with Gasteiger partial charge in [-0.15, -0.1) is 0 Å². The summed E-state index contributed by atoms with van der Waals surface area (Å²) in [7, 11) is 0. The number of hydrogen-bond acceptors (Lipinski definition) is 5. The molecule has 4 N–H and O–H groups in total. The first-order chi connectivity index (χ1) is 10.2. The molecule has 0 aliphatic rings. The number of nitrogen functional groups attached to an aromatic ring is 1. The second-order valence-electron chi connectivity index (χ2n) is 4.96. The van der Waals surface area contributed by atoms with Gasteiger partial charge >= 0.3 is 0 Å². The minimum Gasteiger partial charge on any atom is -0.423 e. The third-order valence-electron chi connectivity index (χ3n) is 3.29. The highest BCUT2D eigenvalue weighted by Crippen LogP contribution is 2.21. The quantitative estimate of drug-likeness (QED) is 0.626. The first-order valence-corrected chi connectivity index (χ1v) is 6.82. The molecular weight excluding hydrogens is 266 g/mol. The molecule has 0 saturated heterocycles. The maximum atomic E-state index is 9.52. The summed E-state index contributed by atoms with van der Waals surface area (Å²) in [6, 6.07) is 15.5. The topological polar surface area (TPSA) is 84.3 Å². The van der Waals surface area contributed by atoms with Crippen LogP contribution in [-0.4, -0.2) is 22.7 Å². The second-order valence-corrected chi connectivity index (χ2v) is 4.96. The van der Waals surface area contributed by atoms with Crippen molar-refractivity contribution in [1.29, 1.82) is 0 Å². The Bertz CT molecular complexity index is 725. The van der Waals surface area contributed by atoms with Gasteiger partial charge in [-0.2, -0.15) is 4.98 Å². The Labute approximate surface area is 122 Å². The lowest BCUT2D eigenvalue weighted by atomic mass is 10.1. The predicted octanol–water partition coefficient (Wildman–Crippen LogP) is 2.43. The van der Waals surface area contributed by atoms with Crippen LogP contribution in [0.2, 0.25) is 0 Å². The van der Waals surface area contributed by atoms with E-state index in [2.05, 4.69) is 10.3 Å². The molecule has 5 nitrogen and oxygen atoms in total. The van der Waals surface area contributed by atoms with E-state index in [-0.39, 0.29) is 12.6 Å². The lowest BCUT2D eigenvalue weighted by Gasteiger charge is -2.14. The van der Waals surface area contributed by atoms with Crippen LogP contribution in [0.5, 0.6) is 0 Å². The summed E-state index contributed by atoms with van der Waals surface area (Å²) in [5.41, 5.74) is 8.86. The van der Waals surface area contributed by atoms with Crippen LogP contribution in [0.3, 0.4) is 0 Å². The monoisotopic (exact) mass is 283 g/mol. The molecule has 1 unspecified atom stereocenters. The van der Waals surface area contributed by atoms with Crippen molar-refractivity contribution in [3.8, 4) is 0 Å². The van der Waals surface area contributed by atoms with E-state index in [4.69, 9.17) is 10.2 Å². The first kappa shape index (κ1) is 13.5. The third kappa shape index (κ3) is 3.14. The zero-order valence-electron chi connectivity index (χ0n) is 11.5. The number of nitrogens with two attached hydrogens (primary N) is 1. The summed E-state index contributed by atoms with van der Waals surface area (Å²) >= 11 is 0. The van der Waals surface area contributed by atoms with Crippen LogP contribution >= 0.6 is 0 Å². The molecule has 0 bridgehead atoms. The van der Waals surface area contributed by atoms with Gasteiger partial charge in [-0.05, 0) is 24.1 Å². The van der Waals surface area contributed by atoms with E-state index in [1.807, 2.05) is 36.4 Å². The van der Waals surface area contributed by atoms with Crippen LogP contribution in [0.25, 0.3) is 11.1 Å². The molecule has 0 saturated carbocycles. The zero-order chi connectivity index (χ0) is 14.7. The van der Waals surface area contributed by atoms with Gasteiger partial charge in [0.25, 0.3) is 6.01 Å². The fourth-order valence-corrected chi connectivity index (χ4v) is 2.24. The van der Waals surface area contributed by atoms with E-state index in [1.54, 1.807) is 12.1 Å². The number of hydrogen-bond donors (Lipinski definition) is 3. The molecule has 0 aliphatic carbocycles. The van der Waals surface area contributed by atoms with Crippen LogP contribution in [0.15, 0.2) is 52.9 Å². The Morgan fingerprint density at radius 2 is 2.00 bits per heavy atom. The number of aromatic nitrogens is 1. The second kappa shape index (κ2) is 5.85. The van der Waals surface area contributed by atoms with Crippen molar-refractivity contribution >= 4 is 22.8 Å². The molecule has 108 valence electrons. The molecule has 2 aromatic carbocycles. The number of fused-ring (bicyclic) bond motifs is 1. The van der Waals surface area contributed by atoms with E-state index in [9.17, 15) is 5.11 Å². The zero-order valence-corrected chi connectivity index (χ0v) is 11.5. The van der Waals surface area contributed by atoms with Gasteiger partial charge in [0.1, 0.15) is 5.52 Å². The van der Waals surface area contributed by atoms with E-state index < -0.39 is 0 Å². The number of aliphatic hydroxyl groups excluding tert-OH is 1. The molecule has 0 fully saturated rings. The molecule has 0 amide bonds. The van der Waals surface area contributed by atoms with Crippen molar-refractivity contribution < 1.29 is 9.52 Å². The first-order valence-electron chi connectivity index (χ1n) is 6.82. The standard InChI is InChI=1S/C16H17N3O2/c17-12-6-7-14-15(9-12)21-16(19-14)18-13(10-20)8-11-4-2-1-3-5-11/h1-7,9,13,20H,8,10,17H2,(H,18,19). The summed E-state index contributed by atoms with van der Waals surface area (Å²) in [6.07, 6.45) is 0.693. The van der Waals surface area contributed by atoms with Gasteiger partial charge in [0.05, 0.1) is 12.6 Å². The van der Waals surface area contributed by atoms with Crippen LogP contribution in [0, 0.1) is 0 Å². The molecule has 0 aliphatic heterocycles. The van der Waals surface area contributed by atoms with Crippen molar-refractivity contribution in [2.45, 2.75) is 12.5 Å². The number of aliphatic hydroxyl groups is 1. The van der Waals surface area contributed by atoms with E-state index >= 15 is 0 Å². The molecule has 21 heavy (non-hydrogen) atoms. The minimum atomic E-state index is -0.155. The average molecular weight is 283 g/mol. The molecular formula is C16H17N3O2. The Morgan fingerprint density at radius 3 is 2.76 bits per heavy atom. The maximum Gasteiger partial charge on any atom is 0.295 e.